The van der Waals surface area contributed by atoms with Crippen LogP contribution in [0.15, 0.2) is 47.4 Å². The molecule has 0 atom stereocenters. The smallest absolute Gasteiger partial charge is 0.344 e. The summed E-state index contributed by atoms with van der Waals surface area (Å²) in [5.74, 6) is -2.23. The van der Waals surface area contributed by atoms with Gasteiger partial charge in [0.05, 0.1) is 27.3 Å². The molecule has 0 aliphatic rings. The Balaban J connectivity index is 2.25. The van der Waals surface area contributed by atoms with E-state index in [0.29, 0.717) is 0 Å². The molecule has 0 aliphatic heterocycles. The van der Waals surface area contributed by atoms with Crippen molar-refractivity contribution in [2.75, 3.05) is 18.0 Å². The van der Waals surface area contributed by atoms with Crippen LogP contribution in [0.1, 0.15) is 24.2 Å². The Morgan fingerprint density at radius 2 is 1.76 bits per heavy atom. The third-order valence-electron chi connectivity index (χ3n) is 3.69. The molecule has 0 aliphatic carbocycles. The third kappa shape index (κ3) is 5.68. The highest BCUT2D eigenvalue weighted by Gasteiger charge is 2.24. The van der Waals surface area contributed by atoms with Crippen LogP contribution in [-0.4, -0.2) is 40.1 Å². The Bertz CT molecular complexity index is 1010. The molecule has 7 nitrogen and oxygen atoms in total. The van der Waals surface area contributed by atoms with Crippen molar-refractivity contribution >= 4 is 39.3 Å². The van der Waals surface area contributed by atoms with Crippen molar-refractivity contribution in [3.63, 3.8) is 0 Å². The van der Waals surface area contributed by atoms with Gasteiger partial charge in [-0.25, -0.2) is 22.4 Å². The van der Waals surface area contributed by atoms with E-state index in [9.17, 15) is 22.4 Å². The maximum atomic E-state index is 13.1. The van der Waals surface area contributed by atoms with E-state index in [4.69, 9.17) is 21.1 Å². The second kappa shape index (κ2) is 9.23. The van der Waals surface area contributed by atoms with Gasteiger partial charge in [-0.05, 0) is 56.3 Å². The molecule has 0 N–H and O–H groups in total. The first kappa shape index (κ1) is 22.6. The van der Waals surface area contributed by atoms with Gasteiger partial charge in [-0.2, -0.15) is 0 Å². The molecular formula is C19H19ClFNO6S. The van der Waals surface area contributed by atoms with Crippen molar-refractivity contribution in [3.8, 4) is 0 Å². The Kier molecular flexibility index (Phi) is 7.21. The van der Waals surface area contributed by atoms with E-state index in [1.165, 1.54) is 31.3 Å². The first-order valence-electron chi connectivity index (χ1n) is 8.43. The van der Waals surface area contributed by atoms with Crippen LogP contribution in [0.25, 0.3) is 0 Å². The van der Waals surface area contributed by atoms with Crippen molar-refractivity contribution < 1.29 is 31.9 Å². The van der Waals surface area contributed by atoms with Gasteiger partial charge in [0, 0.05) is 7.05 Å². The summed E-state index contributed by atoms with van der Waals surface area (Å²) in [7, 11) is -2.78. The molecule has 156 valence electrons. The number of carbonyl (C=O) groups is 2. The first-order valence-corrected chi connectivity index (χ1v) is 10.2. The minimum Gasteiger partial charge on any atom is -0.460 e. The van der Waals surface area contributed by atoms with E-state index in [1.807, 2.05) is 0 Å². The number of sulfonamides is 1. The van der Waals surface area contributed by atoms with Crippen LogP contribution in [0.4, 0.5) is 10.1 Å². The van der Waals surface area contributed by atoms with E-state index >= 15 is 0 Å². The fourth-order valence-electron chi connectivity index (χ4n) is 2.27. The molecule has 0 fully saturated rings. The molecule has 0 saturated heterocycles. The van der Waals surface area contributed by atoms with Gasteiger partial charge in [-0.15, -0.1) is 0 Å². The van der Waals surface area contributed by atoms with E-state index in [2.05, 4.69) is 0 Å². The van der Waals surface area contributed by atoms with Crippen LogP contribution in [-0.2, 0) is 24.3 Å². The minimum atomic E-state index is -4.07. The van der Waals surface area contributed by atoms with Crippen molar-refractivity contribution in [2.24, 2.45) is 0 Å². The number of hydrogen-bond donors (Lipinski definition) is 0. The lowest BCUT2D eigenvalue weighted by molar-refractivity contribution is -0.150. The molecular weight excluding hydrogens is 425 g/mol. The fraction of sp³-hybridized carbons (Fsp3) is 0.263. The maximum absolute atomic E-state index is 13.1. The van der Waals surface area contributed by atoms with Crippen molar-refractivity contribution in [1.82, 2.24) is 0 Å². The zero-order valence-corrected chi connectivity index (χ0v) is 17.5. The van der Waals surface area contributed by atoms with Crippen molar-refractivity contribution in [2.45, 2.75) is 24.8 Å². The molecule has 2 aromatic rings. The molecule has 0 radical (unpaired) electrons. The number of carbonyl (C=O) groups excluding carboxylic acids is 2. The van der Waals surface area contributed by atoms with Crippen molar-refractivity contribution in [3.05, 3.63) is 58.9 Å². The summed E-state index contributed by atoms with van der Waals surface area (Å²) >= 11 is 5.99. The standard InChI is InChI=1S/C19H19ClFNO6S/c1-12(2)28-18(23)11-27-19(24)16-10-15(8-9-17(16)20)29(25,26)22(3)14-6-4-13(21)5-7-14/h4-10,12H,11H2,1-3H3. The van der Waals surface area contributed by atoms with Crippen molar-refractivity contribution in [1.29, 1.82) is 0 Å². The molecule has 29 heavy (non-hydrogen) atoms. The number of hydrogen-bond acceptors (Lipinski definition) is 6. The average Bonchev–Trinajstić information content (AvgIpc) is 2.65. The normalized spacial score (nSPS) is 11.2. The van der Waals surface area contributed by atoms with E-state index < -0.39 is 34.4 Å². The Hall–Kier alpha value is -2.65. The Labute approximate surface area is 173 Å². The van der Waals surface area contributed by atoms with Gasteiger partial charge in [0.1, 0.15) is 5.82 Å². The topological polar surface area (TPSA) is 90.0 Å². The largest absolute Gasteiger partial charge is 0.460 e. The summed E-state index contributed by atoms with van der Waals surface area (Å²) in [6.07, 6.45) is -0.375. The van der Waals surface area contributed by atoms with E-state index in [0.717, 1.165) is 22.5 Å². The summed E-state index contributed by atoms with van der Waals surface area (Å²) in [6.45, 7) is 2.64. The molecule has 0 aromatic heterocycles. The molecule has 0 unspecified atom stereocenters. The quantitative estimate of drug-likeness (QED) is 0.609. The van der Waals surface area contributed by atoms with E-state index in [1.54, 1.807) is 13.8 Å². The van der Waals surface area contributed by atoms with Gasteiger partial charge in [0.25, 0.3) is 10.0 Å². The second-order valence-corrected chi connectivity index (χ2v) is 8.58. The van der Waals surface area contributed by atoms with Gasteiger partial charge in [0.15, 0.2) is 6.61 Å². The highest BCUT2D eigenvalue weighted by atomic mass is 35.5. The van der Waals surface area contributed by atoms with E-state index in [-0.39, 0.29) is 27.3 Å². The zero-order chi connectivity index (χ0) is 21.8. The highest BCUT2D eigenvalue weighted by Crippen LogP contribution is 2.26. The number of rotatable bonds is 7. The minimum absolute atomic E-state index is 0.0457. The maximum Gasteiger partial charge on any atom is 0.344 e. The summed E-state index contributed by atoms with van der Waals surface area (Å²) in [5.41, 5.74) is -0.000461. The molecule has 0 bridgehead atoms. The summed E-state index contributed by atoms with van der Waals surface area (Å²) in [4.78, 5) is 23.5. The number of benzene rings is 2. The van der Waals surface area contributed by atoms with Crippen LogP contribution in [0.5, 0.6) is 0 Å². The Morgan fingerprint density at radius 1 is 1.14 bits per heavy atom. The summed E-state index contributed by atoms with van der Waals surface area (Å²) in [5, 5.41) is -0.0457. The highest BCUT2D eigenvalue weighted by molar-refractivity contribution is 7.92. The predicted molar refractivity (Wildman–Crippen MR) is 105 cm³/mol. The van der Waals surface area contributed by atoms with Gasteiger partial charge in [0.2, 0.25) is 0 Å². The molecule has 2 rings (SSSR count). The van der Waals surface area contributed by atoms with Crippen LogP contribution in [0.2, 0.25) is 5.02 Å². The first-order chi connectivity index (χ1) is 13.5. The summed E-state index contributed by atoms with van der Waals surface area (Å²) < 4.78 is 49.4. The number of ether oxygens (including phenoxy) is 2. The molecule has 0 heterocycles. The Morgan fingerprint density at radius 3 is 2.34 bits per heavy atom. The molecule has 10 heteroatoms. The predicted octanol–water partition coefficient (Wildman–Crippen LogP) is 3.41. The SMILES string of the molecule is CC(C)OC(=O)COC(=O)c1cc(S(=O)(=O)N(C)c2ccc(F)cc2)ccc1Cl. The monoisotopic (exact) mass is 443 g/mol. The van der Waals surface area contributed by atoms with Gasteiger partial charge in [-0.1, -0.05) is 11.6 Å². The molecule has 0 amide bonds. The van der Waals surface area contributed by atoms with Gasteiger partial charge >= 0.3 is 11.9 Å². The number of esters is 2. The summed E-state index contributed by atoms with van der Waals surface area (Å²) in [6, 6.07) is 8.37. The average molecular weight is 444 g/mol. The molecule has 2 aromatic carbocycles. The number of nitrogens with zero attached hydrogens (tertiary/aromatic N) is 1. The molecule has 0 spiro atoms. The molecule has 0 saturated carbocycles. The van der Waals surface area contributed by atoms with Crippen LogP contribution in [0, 0.1) is 5.82 Å². The zero-order valence-electron chi connectivity index (χ0n) is 15.9. The lowest BCUT2D eigenvalue weighted by Crippen LogP contribution is -2.27. The lowest BCUT2D eigenvalue weighted by atomic mass is 10.2. The van der Waals surface area contributed by atoms with Gasteiger partial charge in [-0.3, -0.25) is 4.31 Å². The second-order valence-electron chi connectivity index (χ2n) is 6.21. The van der Waals surface area contributed by atoms with Crippen LogP contribution < -0.4 is 4.31 Å². The third-order valence-corrected chi connectivity index (χ3v) is 5.81. The van der Waals surface area contributed by atoms with Crippen LogP contribution >= 0.6 is 11.6 Å². The number of anilines is 1. The van der Waals surface area contributed by atoms with Gasteiger partial charge < -0.3 is 9.47 Å². The number of halogens is 2. The fourth-order valence-corrected chi connectivity index (χ4v) is 3.69. The lowest BCUT2D eigenvalue weighted by Gasteiger charge is -2.20. The van der Waals surface area contributed by atoms with Crippen LogP contribution in [0.3, 0.4) is 0 Å².